The summed E-state index contributed by atoms with van der Waals surface area (Å²) in [7, 11) is 5.59. The van der Waals surface area contributed by atoms with Crippen molar-refractivity contribution >= 4 is 44.1 Å². The van der Waals surface area contributed by atoms with Crippen LogP contribution in [0.3, 0.4) is 0 Å². The highest BCUT2D eigenvalue weighted by Gasteiger charge is 2.17. The first-order valence-electron chi connectivity index (χ1n) is 14.9. The molecule has 10 heteroatoms. The van der Waals surface area contributed by atoms with E-state index >= 15 is 0 Å². The lowest BCUT2D eigenvalue weighted by Crippen LogP contribution is -2.15. The minimum Gasteiger partial charge on any atom is -0.497 e. The first kappa shape index (κ1) is 34.7. The minimum atomic E-state index is -0.188. The first-order chi connectivity index (χ1) is 20.6. The predicted octanol–water partition coefficient (Wildman–Crippen LogP) is 6.23. The summed E-state index contributed by atoms with van der Waals surface area (Å²) in [4.78, 5) is 24.4. The predicted molar refractivity (Wildman–Crippen MR) is 170 cm³/mol. The van der Waals surface area contributed by atoms with Crippen molar-refractivity contribution in [3.05, 3.63) is 42.0 Å². The number of carbonyl (C=O) groups excluding carboxylic acids is 2. The van der Waals surface area contributed by atoms with Crippen LogP contribution in [0.15, 0.2) is 36.4 Å². The van der Waals surface area contributed by atoms with Crippen molar-refractivity contribution in [2.45, 2.75) is 56.6 Å². The van der Waals surface area contributed by atoms with Crippen LogP contribution in [0.2, 0.25) is 0 Å². The molecule has 0 radical (unpaired) electrons. The molecule has 0 amide bonds. The molecule has 0 bridgehead atoms. The molecule has 1 heterocycles. The Kier molecular flexibility index (Phi) is 17.3. The number of benzene rings is 2. The molecule has 1 fully saturated rings. The molecule has 1 aliphatic heterocycles. The molecule has 1 saturated heterocycles. The van der Waals surface area contributed by atoms with E-state index in [4.69, 9.17) is 28.4 Å². The second-order valence-corrected chi connectivity index (χ2v) is 12.9. The Labute approximate surface area is 258 Å². The number of methoxy groups -OCH3 is 1. The molecule has 234 valence electrons. The molecule has 1 unspecified atom stereocenters. The van der Waals surface area contributed by atoms with E-state index in [1.807, 2.05) is 58.8 Å². The van der Waals surface area contributed by atoms with Gasteiger partial charge in [0.15, 0.2) is 0 Å². The highest BCUT2D eigenvalue weighted by Crippen LogP contribution is 2.39. The van der Waals surface area contributed by atoms with Gasteiger partial charge in [-0.15, -0.1) is 0 Å². The van der Waals surface area contributed by atoms with E-state index in [2.05, 4.69) is 6.07 Å². The number of fused-ring (bicyclic) bond motifs is 1. The third kappa shape index (κ3) is 13.7. The minimum absolute atomic E-state index is 0.145. The lowest BCUT2D eigenvalue weighted by molar-refractivity contribution is -0.145. The van der Waals surface area contributed by atoms with Gasteiger partial charge in [0.25, 0.3) is 0 Å². The van der Waals surface area contributed by atoms with Crippen molar-refractivity contribution in [1.82, 2.24) is 0 Å². The molecule has 42 heavy (non-hydrogen) atoms. The average Bonchev–Trinajstić information content (AvgIpc) is 3.54. The van der Waals surface area contributed by atoms with Crippen LogP contribution in [0.4, 0.5) is 0 Å². The van der Waals surface area contributed by atoms with Gasteiger partial charge in [0, 0.05) is 29.8 Å². The lowest BCUT2D eigenvalue weighted by Gasteiger charge is -2.13. The van der Waals surface area contributed by atoms with Crippen molar-refractivity contribution in [3.63, 3.8) is 0 Å². The Morgan fingerprint density at radius 1 is 0.810 bits per heavy atom. The van der Waals surface area contributed by atoms with Gasteiger partial charge < -0.3 is 28.4 Å². The number of ketones is 1. The SMILES string of the molecule is COc1ccc2cc([C@H](C)C(=O)CCOCCOCCOCCOCCOC(=O)CCCCC3CCSS3)ccc2c1. The molecule has 2 atom stereocenters. The van der Waals surface area contributed by atoms with Gasteiger partial charge in [-0.2, -0.15) is 0 Å². The molecule has 1 aliphatic rings. The monoisotopic (exact) mass is 622 g/mol. The Bertz CT molecular complexity index is 1060. The van der Waals surface area contributed by atoms with Gasteiger partial charge in [0.1, 0.15) is 18.1 Å². The maximum atomic E-state index is 12.6. The molecule has 0 aliphatic carbocycles. The van der Waals surface area contributed by atoms with E-state index in [9.17, 15) is 9.59 Å². The van der Waals surface area contributed by atoms with Crippen molar-refractivity contribution in [1.29, 1.82) is 0 Å². The van der Waals surface area contributed by atoms with Crippen molar-refractivity contribution < 1.29 is 38.0 Å². The van der Waals surface area contributed by atoms with E-state index in [1.165, 1.54) is 18.6 Å². The van der Waals surface area contributed by atoms with Crippen LogP contribution in [-0.2, 0) is 33.3 Å². The smallest absolute Gasteiger partial charge is 0.305 e. The molecular formula is C32H46O8S2. The molecule has 8 nitrogen and oxygen atoms in total. The molecule has 2 aromatic rings. The number of hydrogen-bond acceptors (Lipinski definition) is 10. The number of unbranched alkanes of at least 4 members (excludes halogenated alkanes) is 1. The lowest BCUT2D eigenvalue weighted by atomic mass is 9.93. The van der Waals surface area contributed by atoms with Gasteiger partial charge in [-0.1, -0.05) is 59.2 Å². The molecule has 0 spiro atoms. The maximum absolute atomic E-state index is 12.6. The summed E-state index contributed by atoms with van der Waals surface area (Å²) in [6, 6.07) is 12.0. The fourth-order valence-corrected chi connectivity index (χ4v) is 7.50. The molecule has 2 aromatic carbocycles. The summed E-state index contributed by atoms with van der Waals surface area (Å²) in [5.74, 6) is 1.89. The van der Waals surface area contributed by atoms with Gasteiger partial charge in [0.2, 0.25) is 0 Å². The number of rotatable bonds is 23. The van der Waals surface area contributed by atoms with Crippen LogP contribution in [-0.4, -0.2) is 89.3 Å². The summed E-state index contributed by atoms with van der Waals surface area (Å²) < 4.78 is 32.5. The van der Waals surface area contributed by atoms with Crippen LogP contribution in [0.1, 0.15) is 56.9 Å². The summed E-state index contributed by atoms with van der Waals surface area (Å²) >= 11 is 0. The quantitative estimate of drug-likeness (QED) is 0.0807. The molecular weight excluding hydrogens is 576 g/mol. The number of hydrogen-bond donors (Lipinski definition) is 0. The Morgan fingerprint density at radius 3 is 2.12 bits per heavy atom. The van der Waals surface area contributed by atoms with E-state index in [1.54, 1.807) is 7.11 Å². The zero-order valence-electron chi connectivity index (χ0n) is 25.0. The second-order valence-electron chi connectivity index (χ2n) is 10.2. The number of ether oxygens (including phenoxy) is 6. The van der Waals surface area contributed by atoms with E-state index in [-0.39, 0.29) is 24.3 Å². The standard InChI is InChI=1S/C32H46O8S2/c1-25(26-7-8-28-24-29(35-2)10-9-27(28)23-26)31(33)11-13-36-14-15-37-16-17-38-18-19-39-20-21-40-32(34)6-4-3-5-30-12-22-41-42-30/h7-10,23-25,30H,3-6,11-22H2,1-2H3/t25-,30?/m0/s1. The largest absolute Gasteiger partial charge is 0.497 e. The Morgan fingerprint density at radius 2 is 1.45 bits per heavy atom. The number of esters is 1. The van der Waals surface area contributed by atoms with Gasteiger partial charge in [-0.05, 0) is 47.7 Å². The van der Waals surface area contributed by atoms with Gasteiger partial charge in [-0.3, -0.25) is 9.59 Å². The maximum Gasteiger partial charge on any atom is 0.305 e. The third-order valence-electron chi connectivity index (χ3n) is 7.04. The van der Waals surface area contributed by atoms with E-state index in [0.717, 1.165) is 40.2 Å². The average molecular weight is 623 g/mol. The van der Waals surface area contributed by atoms with Crippen molar-refractivity contribution in [3.8, 4) is 5.75 Å². The van der Waals surface area contributed by atoms with E-state index in [0.29, 0.717) is 65.7 Å². The van der Waals surface area contributed by atoms with Gasteiger partial charge in [0.05, 0.1) is 60.0 Å². The fraction of sp³-hybridized carbons (Fsp3) is 0.625. The highest BCUT2D eigenvalue weighted by molar-refractivity contribution is 8.77. The molecule has 0 saturated carbocycles. The highest BCUT2D eigenvalue weighted by atomic mass is 33.1. The summed E-state index contributed by atoms with van der Waals surface area (Å²) in [6.45, 7) is 5.66. The second kappa shape index (κ2) is 21.0. The molecule has 0 aromatic heterocycles. The van der Waals surface area contributed by atoms with E-state index < -0.39 is 0 Å². The van der Waals surface area contributed by atoms with Crippen LogP contribution in [0.5, 0.6) is 5.75 Å². The topological polar surface area (TPSA) is 89.5 Å². The zero-order valence-corrected chi connectivity index (χ0v) is 26.6. The normalized spacial score (nSPS) is 15.6. The molecule has 3 rings (SSSR count). The van der Waals surface area contributed by atoms with Crippen LogP contribution in [0, 0.1) is 0 Å². The van der Waals surface area contributed by atoms with Crippen molar-refractivity contribution in [2.75, 3.05) is 72.3 Å². The number of carbonyl (C=O) groups is 2. The first-order valence-corrected chi connectivity index (χ1v) is 17.3. The van der Waals surface area contributed by atoms with Crippen LogP contribution in [0.25, 0.3) is 10.8 Å². The third-order valence-corrected chi connectivity index (χ3v) is 10.0. The zero-order chi connectivity index (χ0) is 29.8. The van der Waals surface area contributed by atoms with Gasteiger partial charge in [-0.25, -0.2) is 0 Å². The summed E-state index contributed by atoms with van der Waals surface area (Å²) in [5.41, 5.74) is 1.00. The Hall–Kier alpha value is -1.82. The van der Waals surface area contributed by atoms with Crippen LogP contribution < -0.4 is 4.74 Å². The van der Waals surface area contributed by atoms with Crippen molar-refractivity contribution in [2.24, 2.45) is 0 Å². The molecule has 0 N–H and O–H groups in total. The fourth-order valence-electron chi connectivity index (χ4n) is 4.47. The van der Waals surface area contributed by atoms with Crippen LogP contribution >= 0.6 is 21.6 Å². The van der Waals surface area contributed by atoms with Gasteiger partial charge >= 0.3 is 5.97 Å². The Balaban J connectivity index is 1.07. The summed E-state index contributed by atoms with van der Waals surface area (Å²) in [5, 5.41) is 2.94. The summed E-state index contributed by atoms with van der Waals surface area (Å²) in [6.07, 6.45) is 5.32. The number of Topliss-reactive ketones (excluding diaryl/α,β-unsaturated/α-hetero) is 1.